The number of rotatable bonds is 4. The molecule has 1 aliphatic rings. The minimum atomic E-state index is -1.30. The van der Waals surface area contributed by atoms with Crippen molar-refractivity contribution < 1.29 is 33.3 Å². The number of aliphatic hydroxyl groups is 1. The molecule has 1 amide bonds. The number of aliphatic hydroxyl groups excluding tert-OH is 1. The van der Waals surface area contributed by atoms with E-state index in [-0.39, 0.29) is 43.9 Å². The van der Waals surface area contributed by atoms with E-state index in [0.717, 1.165) is 23.1 Å². The number of nitrogens with zero attached hydrogens (tertiary/aromatic N) is 1. The van der Waals surface area contributed by atoms with Crippen molar-refractivity contribution in [3.05, 3.63) is 93.0 Å². The van der Waals surface area contributed by atoms with Gasteiger partial charge in [0.1, 0.15) is 5.76 Å². The first-order valence-corrected chi connectivity index (χ1v) is 10.5. The predicted octanol–water partition coefficient (Wildman–Crippen LogP) is 5.61. The molecule has 0 aromatic heterocycles. The third-order valence-electron chi connectivity index (χ3n) is 5.34. The van der Waals surface area contributed by atoms with Crippen molar-refractivity contribution in [2.75, 3.05) is 12.0 Å². The van der Waals surface area contributed by atoms with Crippen LogP contribution in [-0.4, -0.2) is 29.0 Å². The van der Waals surface area contributed by atoms with Crippen molar-refractivity contribution in [3.63, 3.8) is 0 Å². The van der Waals surface area contributed by atoms with Crippen LogP contribution < -0.4 is 9.64 Å². The second-order valence-corrected chi connectivity index (χ2v) is 8.14. The number of ether oxygens (including phenoxy) is 1. The first-order valence-electron chi connectivity index (χ1n) is 9.72. The topological polar surface area (TPSA) is 87.1 Å². The Bertz CT molecular complexity index is 1380. The molecular weight excluding hydrogens is 491 g/mol. The number of amides is 1. The maximum atomic E-state index is 14.0. The molecule has 1 unspecified atom stereocenters. The first-order chi connectivity index (χ1) is 16.1. The number of hydrogen-bond acceptors (Lipinski definition) is 5. The van der Waals surface area contributed by atoms with Crippen LogP contribution in [0, 0.1) is 11.6 Å². The standard InChI is InChI=1S/C24H15Cl2F2NO5/c1-34-19-7-3-11(9-18(19)30)21-20(22(31)12-2-5-14(25)15(26)8-12)23(32)24(33)29(21)13-4-6-16(27)17(28)10-13/h2-10,21,30-31H,1H3/b22-20+. The van der Waals surface area contributed by atoms with Gasteiger partial charge in [-0.25, -0.2) is 8.78 Å². The maximum absolute atomic E-state index is 14.0. The molecule has 10 heteroatoms. The van der Waals surface area contributed by atoms with E-state index >= 15 is 0 Å². The summed E-state index contributed by atoms with van der Waals surface area (Å²) >= 11 is 12.0. The number of aromatic hydroxyl groups is 1. The van der Waals surface area contributed by atoms with E-state index in [4.69, 9.17) is 27.9 Å². The second-order valence-electron chi connectivity index (χ2n) is 7.33. The van der Waals surface area contributed by atoms with E-state index in [0.29, 0.717) is 0 Å². The number of carbonyl (C=O) groups excluding carboxylic acids is 2. The SMILES string of the molecule is COc1ccc(C2/C(=C(\O)c3ccc(Cl)c(Cl)c3)C(=O)C(=O)N2c2ccc(F)c(F)c2)cc1O. The molecule has 0 bridgehead atoms. The summed E-state index contributed by atoms with van der Waals surface area (Å²) in [5.41, 5.74) is -0.184. The molecule has 0 aliphatic carbocycles. The summed E-state index contributed by atoms with van der Waals surface area (Å²) in [5, 5.41) is 21.6. The predicted molar refractivity (Wildman–Crippen MR) is 122 cm³/mol. The highest BCUT2D eigenvalue weighted by Gasteiger charge is 2.47. The van der Waals surface area contributed by atoms with Crippen molar-refractivity contribution in [2.24, 2.45) is 0 Å². The highest BCUT2D eigenvalue weighted by Crippen LogP contribution is 2.44. The number of ketones is 1. The number of methoxy groups -OCH3 is 1. The van der Waals surface area contributed by atoms with Gasteiger partial charge in [0.05, 0.1) is 28.8 Å². The van der Waals surface area contributed by atoms with Crippen molar-refractivity contribution in [1.29, 1.82) is 0 Å². The first kappa shape index (κ1) is 23.5. The molecular formula is C24H15Cl2F2NO5. The molecule has 3 aromatic carbocycles. The van der Waals surface area contributed by atoms with Crippen LogP contribution in [0.1, 0.15) is 17.2 Å². The van der Waals surface area contributed by atoms with Crippen molar-refractivity contribution >= 4 is 46.3 Å². The zero-order chi connectivity index (χ0) is 24.7. The fourth-order valence-corrected chi connectivity index (χ4v) is 4.02. The Morgan fingerprint density at radius 1 is 0.971 bits per heavy atom. The number of hydrogen-bond donors (Lipinski definition) is 2. The van der Waals surface area contributed by atoms with E-state index in [1.807, 2.05) is 0 Å². The Morgan fingerprint density at radius 2 is 1.71 bits per heavy atom. The van der Waals surface area contributed by atoms with Crippen LogP contribution in [-0.2, 0) is 9.59 Å². The average molecular weight is 506 g/mol. The van der Waals surface area contributed by atoms with Gasteiger partial charge in [0.15, 0.2) is 23.1 Å². The van der Waals surface area contributed by atoms with Crippen LogP contribution in [0.15, 0.2) is 60.2 Å². The molecule has 0 spiro atoms. The van der Waals surface area contributed by atoms with E-state index < -0.39 is 35.1 Å². The molecule has 3 aromatic rings. The molecule has 0 saturated carbocycles. The highest BCUT2D eigenvalue weighted by atomic mass is 35.5. The van der Waals surface area contributed by atoms with Crippen LogP contribution in [0.5, 0.6) is 11.5 Å². The van der Waals surface area contributed by atoms with Crippen LogP contribution in [0.3, 0.4) is 0 Å². The molecule has 0 radical (unpaired) electrons. The minimum absolute atomic E-state index is 0.0965. The quantitative estimate of drug-likeness (QED) is 0.273. The number of phenolic OH excluding ortho intramolecular Hbond substituents is 1. The molecule has 174 valence electrons. The summed E-state index contributed by atoms with van der Waals surface area (Å²) in [7, 11) is 1.34. The number of carbonyl (C=O) groups is 2. The normalized spacial score (nSPS) is 17.3. The lowest BCUT2D eigenvalue weighted by molar-refractivity contribution is -0.132. The van der Waals surface area contributed by atoms with Crippen LogP contribution in [0.2, 0.25) is 10.0 Å². The minimum Gasteiger partial charge on any atom is -0.507 e. The summed E-state index contributed by atoms with van der Waals surface area (Å²) in [6.45, 7) is 0. The number of halogens is 4. The Balaban J connectivity index is 1.98. The fraction of sp³-hybridized carbons (Fsp3) is 0.0833. The summed E-state index contributed by atoms with van der Waals surface area (Å²) in [4.78, 5) is 27.0. The summed E-state index contributed by atoms with van der Waals surface area (Å²) in [6.07, 6.45) is 0. The molecule has 1 atom stereocenters. The Hall–Kier alpha value is -3.62. The van der Waals surface area contributed by atoms with E-state index in [9.17, 15) is 28.6 Å². The van der Waals surface area contributed by atoms with Gasteiger partial charge in [0, 0.05) is 17.3 Å². The molecule has 34 heavy (non-hydrogen) atoms. The van der Waals surface area contributed by atoms with Crippen molar-refractivity contribution in [3.8, 4) is 11.5 Å². The monoisotopic (exact) mass is 505 g/mol. The lowest BCUT2D eigenvalue weighted by Crippen LogP contribution is -2.29. The van der Waals surface area contributed by atoms with Gasteiger partial charge in [-0.05, 0) is 48.0 Å². The van der Waals surface area contributed by atoms with Gasteiger partial charge < -0.3 is 14.9 Å². The van der Waals surface area contributed by atoms with Crippen LogP contribution >= 0.6 is 23.2 Å². The van der Waals surface area contributed by atoms with Gasteiger partial charge >= 0.3 is 0 Å². The smallest absolute Gasteiger partial charge is 0.300 e. The van der Waals surface area contributed by atoms with E-state index in [1.165, 1.54) is 43.5 Å². The Morgan fingerprint density at radius 3 is 2.32 bits per heavy atom. The molecule has 1 heterocycles. The van der Waals surface area contributed by atoms with Gasteiger partial charge in [0.2, 0.25) is 0 Å². The highest BCUT2D eigenvalue weighted by molar-refractivity contribution is 6.51. The van der Waals surface area contributed by atoms with Crippen LogP contribution in [0.4, 0.5) is 14.5 Å². The number of benzene rings is 3. The zero-order valence-electron chi connectivity index (χ0n) is 17.4. The Kier molecular flexibility index (Phi) is 6.20. The third kappa shape index (κ3) is 3.95. The maximum Gasteiger partial charge on any atom is 0.300 e. The number of anilines is 1. The zero-order valence-corrected chi connectivity index (χ0v) is 18.9. The van der Waals surface area contributed by atoms with Crippen molar-refractivity contribution in [2.45, 2.75) is 6.04 Å². The van der Waals surface area contributed by atoms with Crippen molar-refractivity contribution in [1.82, 2.24) is 0 Å². The van der Waals surface area contributed by atoms with Gasteiger partial charge in [-0.1, -0.05) is 29.3 Å². The Labute approximate surface area is 202 Å². The van der Waals surface area contributed by atoms with Gasteiger partial charge in [0.25, 0.3) is 11.7 Å². The summed E-state index contributed by atoms with van der Waals surface area (Å²) < 4.78 is 32.6. The molecule has 1 fully saturated rings. The summed E-state index contributed by atoms with van der Waals surface area (Å²) in [6, 6.07) is 9.61. The largest absolute Gasteiger partial charge is 0.507 e. The molecule has 6 nitrogen and oxygen atoms in total. The van der Waals surface area contributed by atoms with E-state index in [2.05, 4.69) is 0 Å². The lowest BCUT2D eigenvalue weighted by Gasteiger charge is -2.26. The summed E-state index contributed by atoms with van der Waals surface area (Å²) in [5.74, 6) is -5.29. The third-order valence-corrected chi connectivity index (χ3v) is 6.08. The van der Waals surface area contributed by atoms with E-state index in [1.54, 1.807) is 0 Å². The fourth-order valence-electron chi connectivity index (χ4n) is 3.73. The van der Waals surface area contributed by atoms with Crippen LogP contribution in [0.25, 0.3) is 5.76 Å². The van der Waals surface area contributed by atoms with Gasteiger partial charge in [-0.15, -0.1) is 0 Å². The molecule has 1 saturated heterocycles. The number of phenols is 1. The second kappa shape index (κ2) is 8.96. The molecule has 1 aliphatic heterocycles. The lowest BCUT2D eigenvalue weighted by atomic mass is 9.94. The van der Waals surface area contributed by atoms with Gasteiger partial charge in [-0.3, -0.25) is 14.5 Å². The molecule has 2 N–H and O–H groups in total. The molecule has 4 rings (SSSR count). The number of Topliss-reactive ketones (excluding diaryl/α,β-unsaturated/α-hetero) is 1. The van der Waals surface area contributed by atoms with Gasteiger partial charge in [-0.2, -0.15) is 0 Å². The average Bonchev–Trinajstić information content (AvgIpc) is 3.07.